The summed E-state index contributed by atoms with van der Waals surface area (Å²) in [5, 5.41) is -6.86. The minimum absolute atomic E-state index is 0.437. The Labute approximate surface area is 217 Å². The molecule has 0 radical (unpaired) electrons. The second kappa shape index (κ2) is 7.51. The van der Waals surface area contributed by atoms with Crippen LogP contribution >= 0.6 is 162 Å². The highest BCUT2D eigenvalue weighted by Crippen LogP contribution is 2.69. The van der Waals surface area contributed by atoms with Gasteiger partial charge in [0.05, 0.1) is 20.1 Å². The monoisotopic (exact) mass is 642 g/mol. The molecule has 2 aliphatic carbocycles. The van der Waals surface area contributed by atoms with E-state index in [0.717, 1.165) is 0 Å². The van der Waals surface area contributed by atoms with Crippen molar-refractivity contribution in [1.29, 1.82) is 0 Å². The summed E-state index contributed by atoms with van der Waals surface area (Å²) >= 11 is 84.7. The number of halogens is 14. The summed E-state index contributed by atoms with van der Waals surface area (Å²) in [6, 6.07) is 0. The van der Waals surface area contributed by atoms with Gasteiger partial charge in [0.1, 0.15) is 0 Å². The van der Waals surface area contributed by atoms with Crippen LogP contribution in [-0.2, 0) is 9.78 Å². The van der Waals surface area contributed by atoms with E-state index < -0.39 is 47.6 Å². The van der Waals surface area contributed by atoms with E-state index in [1.807, 2.05) is 0 Å². The summed E-state index contributed by atoms with van der Waals surface area (Å²) in [6.07, 6.45) is 0. The van der Waals surface area contributed by atoms with Crippen LogP contribution in [0.25, 0.3) is 0 Å². The van der Waals surface area contributed by atoms with E-state index in [-0.39, 0.29) is 0 Å². The maximum Gasteiger partial charge on any atom is 0.249 e. The molecule has 0 amide bonds. The molecule has 0 saturated carbocycles. The number of alkyl halides is 10. The van der Waals surface area contributed by atoms with Gasteiger partial charge in [0, 0.05) is 0 Å². The van der Waals surface area contributed by atoms with Crippen molar-refractivity contribution < 1.29 is 9.78 Å². The van der Waals surface area contributed by atoms with Crippen molar-refractivity contribution in [2.45, 2.75) is 27.5 Å². The molecule has 0 aromatic heterocycles. The fourth-order valence-electron chi connectivity index (χ4n) is 1.81. The minimum atomic E-state index is -2.47. The first-order chi connectivity index (χ1) is 11.3. The number of hydrogen-bond donors (Lipinski definition) is 0. The Balaban J connectivity index is 2.46. The molecule has 26 heavy (non-hydrogen) atoms. The molecule has 16 heteroatoms. The predicted molar refractivity (Wildman–Crippen MR) is 115 cm³/mol. The Morgan fingerprint density at radius 1 is 0.423 bits per heavy atom. The topological polar surface area (TPSA) is 18.5 Å². The second-order valence-corrected chi connectivity index (χ2v) is 12.8. The van der Waals surface area contributed by atoms with Gasteiger partial charge in [-0.1, -0.05) is 162 Å². The number of allylic oxidation sites excluding steroid dienone is 2. The van der Waals surface area contributed by atoms with Gasteiger partial charge in [0.15, 0.2) is 8.67 Å². The van der Waals surface area contributed by atoms with Crippen molar-refractivity contribution >= 4 is 162 Å². The van der Waals surface area contributed by atoms with Crippen molar-refractivity contribution in [3.05, 3.63) is 20.1 Å². The predicted octanol–water partition coefficient (Wildman–Crippen LogP) is 8.91. The summed E-state index contributed by atoms with van der Waals surface area (Å²) in [4.78, 5) is 10.0. The Kier molecular flexibility index (Phi) is 7.43. The van der Waals surface area contributed by atoms with Crippen LogP contribution < -0.4 is 0 Å². The zero-order chi connectivity index (χ0) is 20.7. The second-order valence-electron chi connectivity index (χ2n) is 4.91. The van der Waals surface area contributed by atoms with Gasteiger partial charge in [-0.3, -0.25) is 0 Å². The molecular weight excluding hydrogens is 648 g/mol. The van der Waals surface area contributed by atoms with Crippen molar-refractivity contribution in [2.75, 3.05) is 0 Å². The van der Waals surface area contributed by atoms with Crippen LogP contribution in [0.15, 0.2) is 20.1 Å². The van der Waals surface area contributed by atoms with Gasteiger partial charge in [0.2, 0.25) is 18.8 Å². The van der Waals surface area contributed by atoms with Gasteiger partial charge in [-0.2, -0.15) is 0 Å². The van der Waals surface area contributed by atoms with Crippen molar-refractivity contribution in [3.8, 4) is 0 Å². The van der Waals surface area contributed by atoms with E-state index in [9.17, 15) is 0 Å². The highest BCUT2D eigenvalue weighted by Gasteiger charge is 2.76. The summed E-state index contributed by atoms with van der Waals surface area (Å²) in [5.41, 5.74) is 0. The number of rotatable bonds is 3. The fourth-order valence-corrected chi connectivity index (χ4v) is 6.18. The van der Waals surface area contributed by atoms with Gasteiger partial charge in [-0.05, 0) is 0 Å². The first-order valence-electron chi connectivity index (χ1n) is 5.72. The molecule has 150 valence electrons. The van der Waals surface area contributed by atoms with Crippen LogP contribution in [0, 0.1) is 0 Å². The number of hydrogen-bond acceptors (Lipinski definition) is 2. The Bertz CT molecular complexity index is 651. The largest absolute Gasteiger partial charge is 0.249 e. The third-order valence-electron chi connectivity index (χ3n) is 3.37. The molecule has 2 rings (SSSR count). The summed E-state index contributed by atoms with van der Waals surface area (Å²) in [6.45, 7) is 0. The summed E-state index contributed by atoms with van der Waals surface area (Å²) in [5.74, 6) is 0. The summed E-state index contributed by atoms with van der Waals surface area (Å²) < 4.78 is -9.14. The first-order valence-corrected chi connectivity index (χ1v) is 11.0. The van der Waals surface area contributed by atoms with Gasteiger partial charge < -0.3 is 0 Å². The quantitative estimate of drug-likeness (QED) is 0.173. The van der Waals surface area contributed by atoms with Gasteiger partial charge >= 0.3 is 0 Å². The SMILES string of the molecule is ClC1=C(Cl)C(Cl)(OOC2(Cl)C(Cl)=C(Cl)C(Cl)(Cl)C2(Cl)Cl)C(Cl)(Cl)C1(Cl)Cl. The maximum absolute atomic E-state index is 6.22. The Hall–Kier alpha value is 3.46. The lowest BCUT2D eigenvalue weighted by Crippen LogP contribution is -2.54. The van der Waals surface area contributed by atoms with E-state index in [0.29, 0.717) is 0 Å². The lowest BCUT2D eigenvalue weighted by molar-refractivity contribution is -0.360. The van der Waals surface area contributed by atoms with E-state index >= 15 is 0 Å². The zero-order valence-electron chi connectivity index (χ0n) is 11.1. The van der Waals surface area contributed by atoms with Crippen LogP contribution in [0.4, 0.5) is 0 Å². The van der Waals surface area contributed by atoms with Gasteiger partial charge in [-0.15, -0.1) is 0 Å². The van der Waals surface area contributed by atoms with Crippen LogP contribution in [0.2, 0.25) is 0 Å². The molecule has 0 fully saturated rings. The standard InChI is InChI=1S/C10Cl14O2/c11-1-3(13)7(19,9(21,22)5(1,15)16)25-26-8(20)4(14)2(12)6(17,18)10(8,23)24. The van der Waals surface area contributed by atoms with Crippen molar-refractivity contribution in [2.24, 2.45) is 0 Å². The van der Waals surface area contributed by atoms with E-state index in [1.54, 1.807) is 0 Å². The zero-order valence-corrected chi connectivity index (χ0v) is 21.7. The molecule has 0 saturated heterocycles. The molecule has 2 nitrogen and oxygen atoms in total. The highest BCUT2D eigenvalue weighted by atomic mass is 35.6. The lowest BCUT2D eigenvalue weighted by Gasteiger charge is -2.40. The average Bonchev–Trinajstić information content (AvgIpc) is 2.67. The molecule has 2 unspecified atom stereocenters. The smallest absolute Gasteiger partial charge is 0.202 e. The lowest BCUT2D eigenvalue weighted by atomic mass is 10.2. The first kappa shape index (κ1) is 25.7. The molecule has 0 heterocycles. The van der Waals surface area contributed by atoms with Crippen LogP contribution in [0.3, 0.4) is 0 Å². The van der Waals surface area contributed by atoms with Crippen molar-refractivity contribution in [1.82, 2.24) is 0 Å². The van der Waals surface area contributed by atoms with E-state index in [4.69, 9.17) is 172 Å². The average molecular weight is 648 g/mol. The highest BCUT2D eigenvalue weighted by molar-refractivity contribution is 6.73. The molecule has 0 aromatic rings. The molecule has 0 aromatic carbocycles. The maximum atomic E-state index is 6.22. The molecule has 0 bridgehead atoms. The summed E-state index contributed by atoms with van der Waals surface area (Å²) in [7, 11) is 0. The molecule has 0 aliphatic heterocycles. The van der Waals surface area contributed by atoms with Gasteiger partial charge in [-0.25, -0.2) is 9.78 Å². The molecular formula is C10Cl14O2. The minimum Gasteiger partial charge on any atom is -0.202 e. The Morgan fingerprint density at radius 3 is 0.808 bits per heavy atom. The third kappa shape index (κ3) is 3.12. The van der Waals surface area contributed by atoms with E-state index in [1.165, 1.54) is 0 Å². The molecule has 0 spiro atoms. The van der Waals surface area contributed by atoms with E-state index in [2.05, 4.69) is 0 Å². The third-order valence-corrected chi connectivity index (χ3v) is 12.3. The molecule has 2 atom stereocenters. The van der Waals surface area contributed by atoms with Crippen molar-refractivity contribution in [3.63, 3.8) is 0 Å². The van der Waals surface area contributed by atoms with Crippen LogP contribution in [-0.4, -0.2) is 27.5 Å². The van der Waals surface area contributed by atoms with Gasteiger partial charge in [0.25, 0.3) is 0 Å². The Morgan fingerprint density at radius 2 is 0.654 bits per heavy atom. The normalized spacial score (nSPS) is 37.6. The molecule has 0 N–H and O–H groups in total. The van der Waals surface area contributed by atoms with Crippen LogP contribution in [0.5, 0.6) is 0 Å². The van der Waals surface area contributed by atoms with Crippen LogP contribution in [0.1, 0.15) is 0 Å². The molecule has 2 aliphatic rings. The fraction of sp³-hybridized carbons (Fsp3) is 0.600.